The Kier molecular flexibility index (Phi) is 4.59. The minimum Gasteiger partial charge on any atom is -0.453 e. The lowest BCUT2D eigenvalue weighted by molar-refractivity contribution is 0.0454. The number of rotatable bonds is 4. The van der Waals surface area contributed by atoms with Gasteiger partial charge in [-0.15, -0.1) is 16.4 Å². The smallest absolute Gasteiger partial charge is 0.378 e. The Bertz CT molecular complexity index is 1140. The number of aryl methyl sites for hydroxylation is 2. The molecule has 4 rings (SSSR count). The van der Waals surface area contributed by atoms with Crippen LogP contribution in [0.3, 0.4) is 0 Å². The van der Waals surface area contributed by atoms with Crippen LogP contribution in [0.4, 0.5) is 0 Å². The Balaban J connectivity index is 1.47. The number of fused-ring (bicyclic) bond motifs is 1. The number of halogens is 1. The van der Waals surface area contributed by atoms with E-state index in [1.54, 1.807) is 0 Å². The van der Waals surface area contributed by atoms with Gasteiger partial charge in [-0.25, -0.2) is 19.3 Å². The second kappa shape index (κ2) is 7.05. The highest BCUT2D eigenvalue weighted by molar-refractivity contribution is 7.13. The van der Waals surface area contributed by atoms with Crippen molar-refractivity contribution in [3.05, 3.63) is 63.6 Å². The molecule has 0 spiro atoms. The number of ether oxygens (including phenoxy) is 1. The molecule has 0 aliphatic heterocycles. The third kappa shape index (κ3) is 3.67. The molecule has 3 heterocycles. The summed E-state index contributed by atoms with van der Waals surface area (Å²) in [4.78, 5) is 25.2. The fourth-order valence-corrected chi connectivity index (χ4v) is 3.49. The molecule has 4 aromatic rings. The molecule has 0 saturated carbocycles. The van der Waals surface area contributed by atoms with E-state index >= 15 is 0 Å². The highest BCUT2D eigenvalue weighted by Gasteiger charge is 2.17. The minimum absolute atomic E-state index is 0.0237. The second-order valence-electron chi connectivity index (χ2n) is 5.91. The van der Waals surface area contributed by atoms with Gasteiger partial charge < -0.3 is 4.74 Å². The Morgan fingerprint density at radius 1 is 1.19 bits per heavy atom. The number of aromatic nitrogens is 5. The molecule has 0 unspecified atom stereocenters. The van der Waals surface area contributed by atoms with Crippen LogP contribution in [-0.2, 0) is 11.3 Å². The van der Waals surface area contributed by atoms with Gasteiger partial charge in [0.15, 0.2) is 0 Å². The molecule has 0 saturated heterocycles. The quantitative estimate of drug-likeness (QED) is 0.484. The lowest BCUT2D eigenvalue weighted by Gasteiger charge is -1.99. The van der Waals surface area contributed by atoms with Gasteiger partial charge in [0.05, 0.1) is 5.69 Å². The van der Waals surface area contributed by atoms with E-state index in [2.05, 4.69) is 20.1 Å². The van der Waals surface area contributed by atoms with Crippen LogP contribution in [0.15, 0.2) is 35.7 Å². The Labute approximate surface area is 163 Å². The van der Waals surface area contributed by atoms with Gasteiger partial charge in [-0.2, -0.15) is 4.98 Å². The summed E-state index contributed by atoms with van der Waals surface area (Å²) in [6, 6.07) is 9.28. The molecule has 1 aromatic carbocycles. The first-order valence-electron chi connectivity index (χ1n) is 8.08. The van der Waals surface area contributed by atoms with Gasteiger partial charge in [-0.3, -0.25) is 0 Å². The maximum atomic E-state index is 12.3. The zero-order valence-electron chi connectivity index (χ0n) is 14.5. The minimum atomic E-state index is -0.612. The molecule has 27 heavy (non-hydrogen) atoms. The molecule has 0 atom stereocenters. The summed E-state index contributed by atoms with van der Waals surface area (Å²) in [5.41, 5.74) is 3.27. The second-order valence-corrected chi connectivity index (χ2v) is 7.21. The van der Waals surface area contributed by atoms with E-state index in [0.29, 0.717) is 16.5 Å². The van der Waals surface area contributed by atoms with Crippen molar-refractivity contribution >= 4 is 34.7 Å². The van der Waals surface area contributed by atoms with Gasteiger partial charge in [-0.1, -0.05) is 23.7 Å². The fraction of sp³-hybridized carbons (Fsp3) is 0.167. The summed E-state index contributed by atoms with van der Waals surface area (Å²) in [6.45, 7) is 3.78. The van der Waals surface area contributed by atoms with Gasteiger partial charge >= 0.3 is 5.97 Å². The van der Waals surface area contributed by atoms with Crippen LogP contribution in [0.1, 0.15) is 27.7 Å². The largest absolute Gasteiger partial charge is 0.453 e. The van der Waals surface area contributed by atoms with E-state index in [0.717, 1.165) is 22.0 Å². The first-order valence-corrected chi connectivity index (χ1v) is 9.34. The van der Waals surface area contributed by atoms with Crippen LogP contribution < -0.4 is 0 Å². The average molecular weight is 400 g/mol. The van der Waals surface area contributed by atoms with Crippen LogP contribution in [0, 0.1) is 13.8 Å². The standard InChI is InChI=1S/C18H14ClN5O2S/c1-10-7-11(2)24-18(20-10)22-15(23-24)17(25)26-8-14-9-27-16(21-14)12-3-5-13(19)6-4-12/h3-7,9H,8H2,1-2H3. The molecular formula is C18H14ClN5O2S. The number of carbonyl (C=O) groups excluding carboxylic acids is 1. The van der Waals surface area contributed by atoms with Crippen molar-refractivity contribution in [1.29, 1.82) is 0 Å². The fourth-order valence-electron chi connectivity index (χ4n) is 2.56. The molecule has 0 radical (unpaired) electrons. The monoisotopic (exact) mass is 399 g/mol. The van der Waals surface area contributed by atoms with Crippen LogP contribution in [0.5, 0.6) is 0 Å². The van der Waals surface area contributed by atoms with Crippen molar-refractivity contribution in [2.45, 2.75) is 20.5 Å². The molecule has 0 bridgehead atoms. The number of benzene rings is 1. The summed E-state index contributed by atoms with van der Waals surface area (Å²) in [5, 5.41) is 7.52. The molecule has 9 heteroatoms. The van der Waals surface area contributed by atoms with Crippen LogP contribution in [0.25, 0.3) is 16.3 Å². The highest BCUT2D eigenvalue weighted by Crippen LogP contribution is 2.25. The summed E-state index contributed by atoms with van der Waals surface area (Å²) in [6.07, 6.45) is 0. The van der Waals surface area contributed by atoms with Crippen LogP contribution in [-0.4, -0.2) is 30.5 Å². The number of hydrogen-bond donors (Lipinski definition) is 0. The van der Waals surface area contributed by atoms with Crippen molar-refractivity contribution in [3.63, 3.8) is 0 Å². The predicted octanol–water partition coefficient (Wildman–Crippen LogP) is 3.88. The molecular weight excluding hydrogens is 386 g/mol. The zero-order valence-corrected chi connectivity index (χ0v) is 16.1. The first-order chi connectivity index (χ1) is 13.0. The van der Waals surface area contributed by atoms with Crippen molar-refractivity contribution in [1.82, 2.24) is 24.6 Å². The third-order valence-electron chi connectivity index (χ3n) is 3.79. The van der Waals surface area contributed by atoms with Gasteiger partial charge in [0, 0.05) is 27.4 Å². The lowest BCUT2D eigenvalue weighted by atomic mass is 10.2. The van der Waals surface area contributed by atoms with Gasteiger partial charge in [0.25, 0.3) is 11.6 Å². The number of thiazole rings is 1. The highest BCUT2D eigenvalue weighted by atomic mass is 35.5. The first kappa shape index (κ1) is 17.6. The van der Waals surface area contributed by atoms with Crippen molar-refractivity contribution < 1.29 is 9.53 Å². The molecule has 3 aromatic heterocycles. The van der Waals surface area contributed by atoms with Gasteiger partial charge in [-0.05, 0) is 32.0 Å². The topological polar surface area (TPSA) is 82.3 Å². The number of esters is 1. The van der Waals surface area contributed by atoms with E-state index in [-0.39, 0.29) is 12.4 Å². The summed E-state index contributed by atoms with van der Waals surface area (Å²) < 4.78 is 6.82. The lowest BCUT2D eigenvalue weighted by Crippen LogP contribution is -2.08. The van der Waals surface area contributed by atoms with E-state index in [1.165, 1.54) is 15.9 Å². The molecule has 0 fully saturated rings. The van der Waals surface area contributed by atoms with Crippen LogP contribution in [0.2, 0.25) is 5.02 Å². The average Bonchev–Trinajstić information content (AvgIpc) is 3.27. The summed E-state index contributed by atoms with van der Waals surface area (Å²) in [5.74, 6) is -0.263. The molecule has 0 amide bonds. The SMILES string of the molecule is Cc1cc(C)n2nc(C(=O)OCc3csc(-c4ccc(Cl)cc4)n3)nc2n1. The van der Waals surface area contributed by atoms with Gasteiger partial charge in [0.2, 0.25) is 0 Å². The maximum Gasteiger partial charge on any atom is 0.378 e. The molecule has 7 nitrogen and oxygen atoms in total. The molecule has 0 N–H and O–H groups in total. The van der Waals surface area contributed by atoms with Crippen LogP contribution >= 0.6 is 22.9 Å². The molecule has 0 aliphatic rings. The van der Waals surface area contributed by atoms with Crippen molar-refractivity contribution in [3.8, 4) is 10.6 Å². The Morgan fingerprint density at radius 2 is 1.96 bits per heavy atom. The molecule has 136 valence electrons. The number of nitrogens with zero attached hydrogens (tertiary/aromatic N) is 5. The van der Waals surface area contributed by atoms with Crippen molar-refractivity contribution in [2.75, 3.05) is 0 Å². The number of hydrogen-bond acceptors (Lipinski definition) is 7. The maximum absolute atomic E-state index is 12.3. The van der Waals surface area contributed by atoms with E-state index in [9.17, 15) is 4.79 Å². The normalized spacial score (nSPS) is 11.1. The summed E-state index contributed by atoms with van der Waals surface area (Å²) >= 11 is 7.37. The van der Waals surface area contributed by atoms with Gasteiger partial charge in [0.1, 0.15) is 11.6 Å². The zero-order chi connectivity index (χ0) is 19.0. The predicted molar refractivity (Wildman–Crippen MR) is 102 cm³/mol. The van der Waals surface area contributed by atoms with E-state index in [1.807, 2.05) is 49.6 Å². The summed E-state index contributed by atoms with van der Waals surface area (Å²) in [7, 11) is 0. The Morgan fingerprint density at radius 3 is 2.74 bits per heavy atom. The Hall–Kier alpha value is -2.84. The van der Waals surface area contributed by atoms with E-state index < -0.39 is 5.97 Å². The van der Waals surface area contributed by atoms with Crippen molar-refractivity contribution in [2.24, 2.45) is 0 Å². The third-order valence-corrected chi connectivity index (χ3v) is 4.99. The van der Waals surface area contributed by atoms with E-state index in [4.69, 9.17) is 16.3 Å². The number of carbonyl (C=O) groups is 1. The molecule has 0 aliphatic carbocycles.